The second kappa shape index (κ2) is 7.61. The Bertz CT molecular complexity index is 1410. The van der Waals surface area contributed by atoms with E-state index in [-0.39, 0.29) is 5.91 Å². The lowest BCUT2D eigenvalue weighted by molar-refractivity contribution is -0.121. The van der Waals surface area contributed by atoms with Crippen LogP contribution in [0.1, 0.15) is 23.3 Å². The van der Waals surface area contributed by atoms with E-state index in [0.29, 0.717) is 18.8 Å². The highest BCUT2D eigenvalue weighted by Crippen LogP contribution is 2.59. The second-order valence-electron chi connectivity index (χ2n) is 8.29. The summed E-state index contributed by atoms with van der Waals surface area (Å²) < 4.78 is 12.2. The Labute approximate surface area is 199 Å². The van der Waals surface area contributed by atoms with Gasteiger partial charge in [-0.15, -0.1) is 11.3 Å². The van der Waals surface area contributed by atoms with E-state index in [0.717, 1.165) is 50.8 Å². The molecule has 1 fully saturated rings. The molecular weight excluding hydrogens is 458 g/mol. The Morgan fingerprint density at radius 3 is 2.55 bits per heavy atom. The molecule has 1 saturated carbocycles. The molecular formula is C26H18ClNO4S. The van der Waals surface area contributed by atoms with E-state index in [1.165, 1.54) is 4.70 Å². The minimum absolute atomic E-state index is 0.0834. The molecule has 4 aromatic rings. The fourth-order valence-electron chi connectivity index (χ4n) is 4.51. The van der Waals surface area contributed by atoms with Gasteiger partial charge in [0.05, 0.1) is 11.1 Å². The number of ether oxygens (including phenoxy) is 2. The zero-order valence-corrected chi connectivity index (χ0v) is 19.0. The largest absolute Gasteiger partial charge is 0.488 e. The highest BCUT2D eigenvalue weighted by Gasteiger charge is 2.59. The Morgan fingerprint density at radius 2 is 1.79 bits per heavy atom. The third-order valence-electron chi connectivity index (χ3n) is 6.28. The van der Waals surface area contributed by atoms with Crippen LogP contribution >= 0.6 is 22.9 Å². The summed E-state index contributed by atoms with van der Waals surface area (Å²) in [7, 11) is 0. The predicted octanol–water partition coefficient (Wildman–Crippen LogP) is 6.38. The van der Waals surface area contributed by atoms with Gasteiger partial charge in [-0.05, 0) is 90.5 Å². The number of thiophene rings is 1. The van der Waals surface area contributed by atoms with Crippen molar-refractivity contribution in [3.05, 3.63) is 82.2 Å². The number of benzene rings is 3. The third-order valence-corrected chi connectivity index (χ3v) is 7.60. The van der Waals surface area contributed by atoms with Gasteiger partial charge in [0, 0.05) is 20.3 Å². The molecule has 6 rings (SSSR count). The van der Waals surface area contributed by atoms with Crippen LogP contribution in [-0.4, -0.2) is 12.4 Å². The van der Waals surface area contributed by atoms with Crippen LogP contribution in [0, 0.1) is 0 Å². The molecule has 3 aromatic carbocycles. The number of hydrogen-bond donors (Lipinski definition) is 0. The van der Waals surface area contributed by atoms with E-state index < -0.39 is 5.41 Å². The average Bonchev–Trinajstić information content (AvgIpc) is 3.47. The monoisotopic (exact) mass is 475 g/mol. The molecule has 0 radical (unpaired) electrons. The molecule has 33 heavy (non-hydrogen) atoms. The van der Waals surface area contributed by atoms with Crippen molar-refractivity contribution >= 4 is 56.8 Å². The number of halogens is 1. The van der Waals surface area contributed by atoms with E-state index in [9.17, 15) is 9.59 Å². The maximum absolute atomic E-state index is 13.4. The van der Waals surface area contributed by atoms with Crippen LogP contribution in [0.3, 0.4) is 0 Å². The first kappa shape index (κ1) is 20.3. The molecule has 1 aromatic heterocycles. The van der Waals surface area contributed by atoms with Gasteiger partial charge in [-0.25, -0.2) is 0 Å². The zero-order chi connectivity index (χ0) is 22.6. The molecule has 1 aliphatic heterocycles. The van der Waals surface area contributed by atoms with Crippen LogP contribution in [0.5, 0.6) is 11.5 Å². The fraction of sp³-hybridized carbons (Fsp3) is 0.154. The number of nitrogens with zero attached hydrogens (tertiary/aromatic N) is 1. The molecule has 2 aliphatic rings. The van der Waals surface area contributed by atoms with E-state index >= 15 is 0 Å². The van der Waals surface area contributed by atoms with Crippen LogP contribution in [0.2, 0.25) is 5.02 Å². The molecule has 5 nitrogen and oxygen atoms in total. The van der Waals surface area contributed by atoms with Crippen LogP contribution in [0.25, 0.3) is 10.1 Å². The summed E-state index contributed by atoms with van der Waals surface area (Å²) in [5.41, 5.74) is 2.19. The van der Waals surface area contributed by atoms with Crippen molar-refractivity contribution in [2.45, 2.75) is 24.9 Å². The van der Waals surface area contributed by atoms with Gasteiger partial charge in [-0.2, -0.15) is 0 Å². The number of hydrogen-bond acceptors (Lipinski definition) is 5. The molecule has 1 amide bonds. The molecule has 0 bridgehead atoms. The van der Waals surface area contributed by atoms with Gasteiger partial charge in [0.1, 0.15) is 18.1 Å². The van der Waals surface area contributed by atoms with Crippen molar-refractivity contribution in [2.75, 3.05) is 4.90 Å². The van der Waals surface area contributed by atoms with Gasteiger partial charge in [0.25, 0.3) is 6.47 Å². The third kappa shape index (κ3) is 3.37. The van der Waals surface area contributed by atoms with Gasteiger partial charge in [-0.3, -0.25) is 14.5 Å². The Kier molecular flexibility index (Phi) is 4.67. The number of carbonyl (C=O) groups excluding carboxylic acids is 2. The molecule has 0 atom stereocenters. The smallest absolute Gasteiger partial charge is 0.298 e. The van der Waals surface area contributed by atoms with Crippen LogP contribution in [0.15, 0.2) is 66.7 Å². The summed E-state index contributed by atoms with van der Waals surface area (Å²) in [6, 6.07) is 20.8. The molecule has 1 spiro atoms. The Morgan fingerprint density at radius 1 is 1.00 bits per heavy atom. The fourth-order valence-corrected chi connectivity index (χ4v) is 5.65. The first-order chi connectivity index (χ1) is 16.1. The minimum Gasteiger partial charge on any atom is -0.488 e. The van der Waals surface area contributed by atoms with Gasteiger partial charge >= 0.3 is 0 Å². The Balaban J connectivity index is 1.27. The van der Waals surface area contributed by atoms with E-state index in [1.54, 1.807) is 40.5 Å². The summed E-state index contributed by atoms with van der Waals surface area (Å²) in [5.74, 6) is 1.27. The lowest BCUT2D eigenvalue weighted by Gasteiger charge is -2.18. The molecule has 0 saturated heterocycles. The maximum Gasteiger partial charge on any atom is 0.298 e. The number of carbonyl (C=O) groups is 2. The number of fused-ring (bicyclic) bond motifs is 3. The first-order valence-electron chi connectivity index (χ1n) is 10.6. The lowest BCUT2D eigenvalue weighted by atomic mass is 9.98. The van der Waals surface area contributed by atoms with Crippen LogP contribution in [0.4, 0.5) is 11.4 Å². The zero-order valence-electron chi connectivity index (χ0n) is 17.4. The predicted molar refractivity (Wildman–Crippen MR) is 129 cm³/mol. The standard InChI is InChI=1S/C26H18ClNO4S/c27-17-1-8-24-16(11-17)12-21(33-24)14-31-20-6-7-23-22(13-20)26(9-10-26)25(30)28(23)18-2-4-19(5-3-18)32-15-29/h1-8,11-13,15H,9-10,14H2. The highest BCUT2D eigenvalue weighted by atomic mass is 35.5. The quantitative estimate of drug-likeness (QED) is 0.304. The van der Waals surface area contributed by atoms with Crippen molar-refractivity contribution in [3.63, 3.8) is 0 Å². The van der Waals surface area contributed by atoms with Crippen molar-refractivity contribution < 1.29 is 19.1 Å². The molecule has 1 aliphatic carbocycles. The maximum atomic E-state index is 13.4. The second-order valence-corrected chi connectivity index (χ2v) is 9.90. The molecule has 0 N–H and O–H groups in total. The molecule has 0 unspecified atom stereocenters. The highest BCUT2D eigenvalue weighted by molar-refractivity contribution is 7.19. The van der Waals surface area contributed by atoms with Crippen molar-refractivity contribution in [1.82, 2.24) is 0 Å². The van der Waals surface area contributed by atoms with Crippen LogP contribution in [-0.2, 0) is 21.6 Å². The summed E-state index contributed by atoms with van der Waals surface area (Å²) in [5, 5.41) is 1.84. The van der Waals surface area contributed by atoms with Crippen LogP contribution < -0.4 is 14.4 Å². The van der Waals surface area contributed by atoms with E-state index in [2.05, 4.69) is 6.07 Å². The average molecular weight is 476 g/mol. The first-order valence-corrected chi connectivity index (χ1v) is 11.8. The topological polar surface area (TPSA) is 55.8 Å². The normalized spacial score (nSPS) is 15.7. The van der Waals surface area contributed by atoms with Gasteiger partial charge < -0.3 is 9.47 Å². The summed E-state index contributed by atoms with van der Waals surface area (Å²) >= 11 is 7.79. The Hall–Kier alpha value is -3.35. The van der Waals surface area contributed by atoms with Gasteiger partial charge in [-0.1, -0.05) is 11.6 Å². The number of rotatable bonds is 6. The lowest BCUT2D eigenvalue weighted by Crippen LogP contribution is -2.27. The van der Waals surface area contributed by atoms with E-state index in [4.69, 9.17) is 21.1 Å². The number of amides is 1. The minimum atomic E-state index is -0.457. The van der Waals surface area contributed by atoms with Crippen molar-refractivity contribution in [3.8, 4) is 11.5 Å². The molecule has 2 heterocycles. The molecule has 7 heteroatoms. The number of anilines is 2. The van der Waals surface area contributed by atoms with Gasteiger partial charge in [0.2, 0.25) is 5.91 Å². The summed E-state index contributed by atoms with van der Waals surface area (Å²) in [6.07, 6.45) is 1.67. The van der Waals surface area contributed by atoms with Crippen molar-refractivity contribution in [2.24, 2.45) is 0 Å². The molecule has 164 valence electrons. The summed E-state index contributed by atoms with van der Waals surface area (Å²) in [6.45, 7) is 0.846. The van der Waals surface area contributed by atoms with Crippen molar-refractivity contribution in [1.29, 1.82) is 0 Å². The van der Waals surface area contributed by atoms with Gasteiger partial charge in [0.15, 0.2) is 0 Å². The summed E-state index contributed by atoms with van der Waals surface area (Å²) in [4.78, 5) is 26.8. The SMILES string of the molecule is O=COc1ccc(N2C(=O)C3(CC3)c3cc(OCc4cc5cc(Cl)ccc5s4)ccc32)cc1. The van der Waals surface area contributed by atoms with E-state index in [1.807, 2.05) is 36.4 Å².